The highest BCUT2D eigenvalue weighted by Crippen LogP contribution is 2.46. The fourth-order valence-corrected chi connectivity index (χ4v) is 5.95. The van der Waals surface area contributed by atoms with E-state index in [-0.39, 0.29) is 18.7 Å². The first-order valence-corrected chi connectivity index (χ1v) is 11.8. The van der Waals surface area contributed by atoms with Crippen molar-refractivity contribution in [2.24, 2.45) is 5.92 Å². The number of rotatable bonds is 10. The van der Waals surface area contributed by atoms with Crippen LogP contribution >= 0.6 is 7.37 Å². The Hall–Kier alpha value is -1.07. The molecule has 0 radical (unpaired) electrons. The smallest absolute Gasteiger partial charge is 0.203 e. The highest BCUT2D eigenvalue weighted by Gasteiger charge is 2.28. The van der Waals surface area contributed by atoms with Crippen LogP contribution in [0.3, 0.4) is 0 Å². The van der Waals surface area contributed by atoms with Gasteiger partial charge in [-0.3, -0.25) is 4.57 Å². The number of methoxy groups -OCH3 is 2. The summed E-state index contributed by atoms with van der Waals surface area (Å²) in [6.07, 6.45) is 5.03. The van der Waals surface area contributed by atoms with Gasteiger partial charge in [-0.1, -0.05) is 25.3 Å². The molecular formula is C20H34NO5P. The molecule has 1 aromatic rings. The van der Waals surface area contributed by atoms with Gasteiger partial charge in [0.2, 0.25) is 7.37 Å². The van der Waals surface area contributed by atoms with Crippen molar-refractivity contribution in [1.82, 2.24) is 5.32 Å². The zero-order valence-corrected chi connectivity index (χ0v) is 17.6. The maximum absolute atomic E-state index is 12.5. The molecule has 27 heavy (non-hydrogen) atoms. The second-order valence-corrected chi connectivity index (χ2v) is 10.0. The average Bonchev–Trinajstić information content (AvgIpc) is 2.65. The summed E-state index contributed by atoms with van der Waals surface area (Å²) in [5.74, 6) is 1.75. The molecule has 2 rings (SSSR count). The SMILES string of the molecule is COc1ccc(C(C)NCC(O)CP(=O)(O)CC2CCCCC2)c(OC)c1. The molecule has 0 aromatic heterocycles. The van der Waals surface area contributed by atoms with Gasteiger partial charge in [-0.25, -0.2) is 0 Å². The van der Waals surface area contributed by atoms with Gasteiger partial charge in [0, 0.05) is 30.4 Å². The number of ether oxygens (including phenoxy) is 2. The van der Waals surface area contributed by atoms with Crippen LogP contribution in [0.15, 0.2) is 18.2 Å². The van der Waals surface area contributed by atoms with E-state index in [0.29, 0.717) is 23.6 Å². The summed E-state index contributed by atoms with van der Waals surface area (Å²) < 4.78 is 23.1. The molecule has 1 aliphatic rings. The third-order valence-corrected chi connectivity index (χ3v) is 7.41. The average molecular weight is 399 g/mol. The summed E-state index contributed by atoms with van der Waals surface area (Å²) in [7, 11) is -0.0978. The lowest BCUT2D eigenvalue weighted by atomic mass is 9.91. The Morgan fingerprint density at radius 2 is 1.93 bits per heavy atom. The molecule has 7 heteroatoms. The minimum absolute atomic E-state index is 0.0526. The molecule has 1 aliphatic carbocycles. The van der Waals surface area contributed by atoms with Gasteiger partial charge in [0.1, 0.15) is 11.5 Å². The molecule has 0 saturated heterocycles. The van der Waals surface area contributed by atoms with Crippen molar-refractivity contribution in [3.8, 4) is 11.5 Å². The standard InChI is InChI=1S/C20H34NO5P/c1-15(19-10-9-18(25-2)11-20(19)26-3)21-12-17(22)14-27(23,24)13-16-7-5-4-6-8-16/h9-11,15-17,21-22H,4-8,12-14H2,1-3H3,(H,23,24). The molecule has 3 N–H and O–H groups in total. The van der Waals surface area contributed by atoms with Crippen LogP contribution in [0.5, 0.6) is 11.5 Å². The molecule has 0 heterocycles. The van der Waals surface area contributed by atoms with Crippen molar-refractivity contribution in [3.05, 3.63) is 23.8 Å². The monoisotopic (exact) mass is 399 g/mol. The van der Waals surface area contributed by atoms with Crippen LogP contribution < -0.4 is 14.8 Å². The maximum Gasteiger partial charge on any atom is 0.203 e. The summed E-state index contributed by atoms with van der Waals surface area (Å²) in [6.45, 7) is 2.23. The quantitative estimate of drug-likeness (QED) is 0.522. The van der Waals surface area contributed by atoms with Crippen LogP contribution in [0.1, 0.15) is 50.6 Å². The lowest BCUT2D eigenvalue weighted by molar-refractivity contribution is 0.185. The van der Waals surface area contributed by atoms with Crippen LogP contribution in [-0.2, 0) is 4.57 Å². The van der Waals surface area contributed by atoms with E-state index in [1.165, 1.54) is 6.42 Å². The zero-order chi connectivity index (χ0) is 19.9. The van der Waals surface area contributed by atoms with E-state index >= 15 is 0 Å². The number of benzene rings is 1. The third kappa shape index (κ3) is 7.11. The topological polar surface area (TPSA) is 88.0 Å². The van der Waals surface area contributed by atoms with Crippen molar-refractivity contribution in [3.63, 3.8) is 0 Å². The Morgan fingerprint density at radius 1 is 1.22 bits per heavy atom. The lowest BCUT2D eigenvalue weighted by Gasteiger charge is -2.25. The Kier molecular flexibility index (Phi) is 8.62. The molecule has 1 saturated carbocycles. The molecule has 0 amide bonds. The minimum atomic E-state index is -3.31. The van der Waals surface area contributed by atoms with Crippen LogP contribution in [0.25, 0.3) is 0 Å². The largest absolute Gasteiger partial charge is 0.497 e. The van der Waals surface area contributed by atoms with Gasteiger partial charge in [-0.2, -0.15) is 0 Å². The fraction of sp³-hybridized carbons (Fsp3) is 0.700. The van der Waals surface area contributed by atoms with Gasteiger partial charge >= 0.3 is 0 Å². The van der Waals surface area contributed by atoms with Crippen molar-refractivity contribution >= 4 is 7.37 Å². The highest BCUT2D eigenvalue weighted by molar-refractivity contribution is 7.58. The van der Waals surface area contributed by atoms with Crippen LogP contribution in [0.4, 0.5) is 0 Å². The van der Waals surface area contributed by atoms with E-state index in [2.05, 4.69) is 5.32 Å². The number of hydrogen-bond donors (Lipinski definition) is 3. The van der Waals surface area contributed by atoms with E-state index in [1.807, 2.05) is 25.1 Å². The van der Waals surface area contributed by atoms with Crippen molar-refractivity contribution in [2.45, 2.75) is 51.2 Å². The summed E-state index contributed by atoms with van der Waals surface area (Å²) in [5, 5.41) is 13.5. The Bertz CT molecular complexity index is 633. The normalized spacial score (nSPS) is 19.9. The van der Waals surface area contributed by atoms with E-state index in [4.69, 9.17) is 9.47 Å². The van der Waals surface area contributed by atoms with E-state index < -0.39 is 13.5 Å². The number of hydrogen-bond acceptors (Lipinski definition) is 5. The highest BCUT2D eigenvalue weighted by atomic mass is 31.2. The fourth-order valence-electron chi connectivity index (χ4n) is 3.84. The molecule has 3 atom stereocenters. The van der Waals surface area contributed by atoms with Crippen LogP contribution in [0, 0.1) is 5.92 Å². The van der Waals surface area contributed by atoms with Crippen molar-refractivity contribution in [1.29, 1.82) is 0 Å². The molecule has 6 nitrogen and oxygen atoms in total. The minimum Gasteiger partial charge on any atom is -0.497 e. The second kappa shape index (κ2) is 10.5. The van der Waals surface area contributed by atoms with Crippen molar-refractivity contribution in [2.75, 3.05) is 33.1 Å². The van der Waals surface area contributed by atoms with Gasteiger partial charge in [-0.05, 0) is 31.7 Å². The number of aliphatic hydroxyl groups is 1. The van der Waals surface area contributed by atoms with Crippen LogP contribution in [0.2, 0.25) is 0 Å². The second-order valence-electron chi connectivity index (χ2n) is 7.61. The van der Waals surface area contributed by atoms with Gasteiger partial charge in [-0.15, -0.1) is 0 Å². The Balaban J connectivity index is 1.85. The maximum atomic E-state index is 12.5. The Labute approximate surface area is 162 Å². The predicted octanol–water partition coefficient (Wildman–Crippen LogP) is 3.57. The molecule has 0 aliphatic heterocycles. The third-order valence-electron chi connectivity index (χ3n) is 5.33. The van der Waals surface area contributed by atoms with Gasteiger partial charge < -0.3 is 24.8 Å². The number of aliphatic hydroxyl groups excluding tert-OH is 1. The molecule has 154 valence electrons. The predicted molar refractivity (Wildman–Crippen MR) is 108 cm³/mol. The van der Waals surface area contributed by atoms with E-state index in [0.717, 1.165) is 31.2 Å². The molecular weight excluding hydrogens is 365 g/mol. The van der Waals surface area contributed by atoms with Gasteiger partial charge in [0.15, 0.2) is 0 Å². The molecule has 1 fully saturated rings. The van der Waals surface area contributed by atoms with E-state index in [9.17, 15) is 14.6 Å². The summed E-state index contributed by atoms with van der Waals surface area (Å²) in [6, 6.07) is 5.52. The van der Waals surface area contributed by atoms with Crippen LogP contribution in [-0.4, -0.2) is 49.2 Å². The molecule has 1 aromatic carbocycles. The van der Waals surface area contributed by atoms with Gasteiger partial charge in [0.25, 0.3) is 0 Å². The number of nitrogens with one attached hydrogen (secondary N) is 1. The van der Waals surface area contributed by atoms with Gasteiger partial charge in [0.05, 0.1) is 26.5 Å². The zero-order valence-electron chi connectivity index (χ0n) is 16.7. The Morgan fingerprint density at radius 3 is 2.56 bits per heavy atom. The summed E-state index contributed by atoms with van der Waals surface area (Å²) in [4.78, 5) is 10.3. The first-order valence-electron chi connectivity index (χ1n) is 9.79. The summed E-state index contributed by atoms with van der Waals surface area (Å²) in [5.41, 5.74) is 0.944. The van der Waals surface area contributed by atoms with E-state index in [1.54, 1.807) is 14.2 Å². The summed E-state index contributed by atoms with van der Waals surface area (Å²) >= 11 is 0. The molecule has 0 bridgehead atoms. The lowest BCUT2D eigenvalue weighted by Crippen LogP contribution is -2.32. The van der Waals surface area contributed by atoms with Crippen molar-refractivity contribution < 1.29 is 24.0 Å². The first-order chi connectivity index (χ1) is 12.8. The molecule has 0 spiro atoms. The first kappa shape index (κ1) is 22.2. The molecule has 3 unspecified atom stereocenters.